The predicted octanol–water partition coefficient (Wildman–Crippen LogP) is 2.42. The first kappa shape index (κ1) is 9.65. The van der Waals surface area contributed by atoms with E-state index in [-0.39, 0.29) is 5.82 Å². The maximum absolute atomic E-state index is 12.7. The molecule has 1 rings (SSSR count). The number of rotatable bonds is 4. The van der Waals surface area contributed by atoms with E-state index in [1.54, 1.807) is 18.4 Å². The number of hydrogen-bond donors (Lipinski definition) is 0. The van der Waals surface area contributed by atoms with Crippen molar-refractivity contribution in [3.8, 4) is 0 Å². The maximum Gasteiger partial charge on any atom is 0.202 e. The third-order valence-electron chi connectivity index (χ3n) is 1.61. The van der Waals surface area contributed by atoms with Gasteiger partial charge in [0.2, 0.25) is 6.29 Å². The van der Waals surface area contributed by atoms with E-state index in [0.29, 0.717) is 12.8 Å². The Morgan fingerprint density at radius 3 is 2.92 bits per heavy atom. The van der Waals surface area contributed by atoms with Gasteiger partial charge in [0.15, 0.2) is 0 Å². The lowest BCUT2D eigenvalue weighted by Crippen LogP contribution is -1.82. The zero-order chi connectivity index (χ0) is 9.52. The predicted molar refractivity (Wildman–Crippen MR) is 49.6 cm³/mol. The van der Waals surface area contributed by atoms with Gasteiger partial charge in [-0.15, -0.1) is 0 Å². The van der Waals surface area contributed by atoms with Crippen molar-refractivity contribution in [2.45, 2.75) is 12.8 Å². The fourth-order valence-corrected chi connectivity index (χ4v) is 1.01. The highest BCUT2D eigenvalue weighted by Gasteiger charge is 1.91. The molecule has 2 heteroatoms. The van der Waals surface area contributed by atoms with E-state index < -0.39 is 0 Å². The van der Waals surface area contributed by atoms with Crippen LogP contribution in [0, 0.1) is 5.82 Å². The summed E-state index contributed by atoms with van der Waals surface area (Å²) in [4.78, 5) is 9.83. The van der Waals surface area contributed by atoms with Crippen LogP contribution in [-0.2, 0) is 11.2 Å². The average Bonchev–Trinajstić information content (AvgIpc) is 2.13. The molecule has 1 nitrogen and oxygen atoms in total. The molecule has 0 spiro atoms. The summed E-state index contributed by atoms with van der Waals surface area (Å²) in [5.41, 5.74) is 0.905. The minimum Gasteiger partial charge on any atom is -0.291 e. The van der Waals surface area contributed by atoms with Crippen molar-refractivity contribution in [3.05, 3.63) is 47.8 Å². The summed E-state index contributed by atoms with van der Waals surface area (Å²) in [5.74, 6) is -0.229. The molecule has 1 radical (unpaired) electrons. The summed E-state index contributed by atoms with van der Waals surface area (Å²) >= 11 is 0. The van der Waals surface area contributed by atoms with E-state index in [4.69, 9.17) is 0 Å². The molecule has 0 bridgehead atoms. The van der Waals surface area contributed by atoms with Crippen molar-refractivity contribution in [2.24, 2.45) is 0 Å². The van der Waals surface area contributed by atoms with Crippen LogP contribution in [0.1, 0.15) is 12.0 Å². The largest absolute Gasteiger partial charge is 0.291 e. The van der Waals surface area contributed by atoms with Gasteiger partial charge in [0.1, 0.15) is 5.82 Å². The first-order valence-electron chi connectivity index (χ1n) is 4.07. The van der Waals surface area contributed by atoms with Gasteiger partial charge in [0, 0.05) is 6.42 Å². The molecule has 0 unspecified atom stereocenters. The van der Waals surface area contributed by atoms with Crippen LogP contribution >= 0.6 is 0 Å². The van der Waals surface area contributed by atoms with Gasteiger partial charge >= 0.3 is 0 Å². The van der Waals surface area contributed by atoms with Gasteiger partial charge in [0.25, 0.3) is 0 Å². The Bertz CT molecular complexity index is 305. The Balaban J connectivity index is 2.49. The van der Waals surface area contributed by atoms with E-state index in [1.165, 1.54) is 12.1 Å². The SMILES string of the molecule is O=[C]C/C=C/Cc1cccc(F)c1. The molecule has 1 aromatic carbocycles. The Kier molecular flexibility index (Phi) is 3.89. The molecular weight excluding hydrogens is 167 g/mol. The molecule has 0 fully saturated rings. The third-order valence-corrected chi connectivity index (χ3v) is 1.61. The highest BCUT2D eigenvalue weighted by atomic mass is 19.1. The van der Waals surface area contributed by atoms with Crippen LogP contribution in [0.2, 0.25) is 0 Å². The lowest BCUT2D eigenvalue weighted by molar-refractivity contribution is 0.556. The molecule has 0 saturated heterocycles. The zero-order valence-corrected chi connectivity index (χ0v) is 7.16. The van der Waals surface area contributed by atoms with Gasteiger partial charge in [-0.25, -0.2) is 4.39 Å². The van der Waals surface area contributed by atoms with E-state index in [9.17, 15) is 9.18 Å². The molecule has 0 amide bonds. The topological polar surface area (TPSA) is 17.1 Å². The van der Waals surface area contributed by atoms with E-state index in [2.05, 4.69) is 0 Å². The summed E-state index contributed by atoms with van der Waals surface area (Å²) < 4.78 is 12.7. The molecule has 1 aromatic rings. The van der Waals surface area contributed by atoms with Crippen molar-refractivity contribution >= 4 is 6.29 Å². The van der Waals surface area contributed by atoms with Gasteiger partial charge in [-0.05, 0) is 24.1 Å². The first-order valence-corrected chi connectivity index (χ1v) is 4.07. The quantitative estimate of drug-likeness (QED) is 0.645. The molecule has 0 atom stereocenters. The van der Waals surface area contributed by atoms with Crippen molar-refractivity contribution in [2.75, 3.05) is 0 Å². The summed E-state index contributed by atoms with van der Waals surface area (Å²) in [6.07, 6.45) is 6.26. The highest BCUT2D eigenvalue weighted by molar-refractivity contribution is 5.52. The molecule has 0 saturated carbocycles. The van der Waals surface area contributed by atoms with Crippen LogP contribution < -0.4 is 0 Å². The van der Waals surface area contributed by atoms with Gasteiger partial charge < -0.3 is 0 Å². The van der Waals surface area contributed by atoms with Crippen molar-refractivity contribution in [1.82, 2.24) is 0 Å². The second-order valence-electron chi connectivity index (χ2n) is 2.65. The van der Waals surface area contributed by atoms with E-state index >= 15 is 0 Å². The smallest absolute Gasteiger partial charge is 0.202 e. The standard InChI is InChI=1S/C11H10FO/c12-11-7-4-6-10(9-11)5-2-1-3-8-13/h1-2,4,6-7,9H,3,5H2/b2-1+. The van der Waals surface area contributed by atoms with Crippen LogP contribution in [0.4, 0.5) is 4.39 Å². The molecule has 0 aromatic heterocycles. The number of carbonyl (C=O) groups excluding carboxylic acids is 1. The number of hydrogen-bond acceptors (Lipinski definition) is 1. The molecule has 67 valence electrons. The normalized spacial score (nSPS) is 10.5. The second kappa shape index (κ2) is 5.25. The van der Waals surface area contributed by atoms with Crippen LogP contribution in [-0.4, -0.2) is 6.29 Å². The lowest BCUT2D eigenvalue weighted by atomic mass is 10.1. The average molecular weight is 177 g/mol. The fourth-order valence-electron chi connectivity index (χ4n) is 1.01. The third kappa shape index (κ3) is 3.65. The highest BCUT2D eigenvalue weighted by Crippen LogP contribution is 2.04. The Labute approximate surface area is 76.9 Å². The molecule has 0 aliphatic heterocycles. The van der Waals surface area contributed by atoms with Crippen LogP contribution in [0.5, 0.6) is 0 Å². The monoisotopic (exact) mass is 177 g/mol. The maximum atomic E-state index is 12.7. The van der Waals surface area contributed by atoms with Crippen molar-refractivity contribution in [3.63, 3.8) is 0 Å². The van der Waals surface area contributed by atoms with Crippen molar-refractivity contribution < 1.29 is 9.18 Å². The molecule has 13 heavy (non-hydrogen) atoms. The molecule has 0 aliphatic rings. The Morgan fingerprint density at radius 2 is 2.23 bits per heavy atom. The zero-order valence-electron chi connectivity index (χ0n) is 7.16. The van der Waals surface area contributed by atoms with Crippen LogP contribution in [0.15, 0.2) is 36.4 Å². The fraction of sp³-hybridized carbons (Fsp3) is 0.182. The van der Waals surface area contributed by atoms with Crippen LogP contribution in [0.3, 0.4) is 0 Å². The summed E-state index contributed by atoms with van der Waals surface area (Å²) in [5, 5.41) is 0. The first-order chi connectivity index (χ1) is 6.33. The summed E-state index contributed by atoms with van der Waals surface area (Å²) in [7, 11) is 0. The minimum atomic E-state index is -0.229. The molecular formula is C11H10FO. The van der Waals surface area contributed by atoms with Gasteiger partial charge in [-0.3, -0.25) is 4.79 Å². The number of allylic oxidation sites excluding steroid dienone is 2. The Morgan fingerprint density at radius 1 is 1.38 bits per heavy atom. The van der Waals surface area contributed by atoms with Crippen LogP contribution in [0.25, 0.3) is 0 Å². The van der Waals surface area contributed by atoms with Gasteiger partial charge in [-0.2, -0.15) is 0 Å². The van der Waals surface area contributed by atoms with Gasteiger partial charge in [0.05, 0.1) is 0 Å². The molecule has 0 heterocycles. The lowest BCUT2D eigenvalue weighted by Gasteiger charge is -1.94. The Hall–Kier alpha value is -1.44. The van der Waals surface area contributed by atoms with Crippen molar-refractivity contribution in [1.29, 1.82) is 0 Å². The summed E-state index contributed by atoms with van der Waals surface area (Å²) in [6, 6.07) is 6.41. The summed E-state index contributed by atoms with van der Waals surface area (Å²) in [6.45, 7) is 0. The molecule has 0 aliphatic carbocycles. The number of benzene rings is 1. The minimum absolute atomic E-state index is 0.229. The van der Waals surface area contributed by atoms with E-state index in [1.807, 2.05) is 12.1 Å². The molecule has 0 N–H and O–H groups in total. The second-order valence-corrected chi connectivity index (χ2v) is 2.65. The van der Waals surface area contributed by atoms with E-state index in [0.717, 1.165) is 5.56 Å². The number of halogens is 1. The van der Waals surface area contributed by atoms with Gasteiger partial charge in [-0.1, -0.05) is 24.3 Å².